The van der Waals surface area contributed by atoms with E-state index in [-0.39, 0.29) is 5.91 Å². The first kappa shape index (κ1) is 14.4. The van der Waals surface area contributed by atoms with Gasteiger partial charge in [0.15, 0.2) is 0 Å². The Kier molecular flexibility index (Phi) is 3.55. The molecule has 0 atom stereocenters. The molecule has 1 amide bonds. The molecule has 120 valence electrons. The van der Waals surface area contributed by atoms with Crippen LogP contribution in [-0.4, -0.2) is 33.1 Å². The highest BCUT2D eigenvalue weighted by atomic mass is 32.2. The van der Waals surface area contributed by atoms with Gasteiger partial charge in [-0.3, -0.25) is 4.79 Å². The highest BCUT2D eigenvalue weighted by Gasteiger charge is 2.50. The van der Waals surface area contributed by atoms with Gasteiger partial charge in [-0.2, -0.15) is 0 Å². The lowest BCUT2D eigenvalue weighted by Gasteiger charge is -2.56. The molecular formula is C15H23N5OS. The largest absolute Gasteiger partial charge is 0.355 e. The summed E-state index contributed by atoms with van der Waals surface area (Å²) in [7, 11) is 0. The van der Waals surface area contributed by atoms with Gasteiger partial charge in [0.25, 0.3) is 0 Å². The lowest BCUT2D eigenvalue weighted by Crippen LogP contribution is -2.51. The van der Waals surface area contributed by atoms with Crippen LogP contribution in [-0.2, 0) is 4.79 Å². The van der Waals surface area contributed by atoms with Crippen molar-refractivity contribution in [2.75, 3.05) is 18.1 Å². The Labute approximate surface area is 134 Å². The Morgan fingerprint density at radius 1 is 1.32 bits per heavy atom. The van der Waals surface area contributed by atoms with Crippen molar-refractivity contribution in [1.82, 2.24) is 20.2 Å². The molecule has 22 heavy (non-hydrogen) atoms. The first-order valence-corrected chi connectivity index (χ1v) is 9.15. The third-order valence-electron chi connectivity index (χ3n) is 5.70. The van der Waals surface area contributed by atoms with Crippen LogP contribution in [0.1, 0.15) is 38.5 Å². The summed E-state index contributed by atoms with van der Waals surface area (Å²) >= 11 is 1.33. The maximum Gasteiger partial charge on any atom is 0.230 e. The SMILES string of the molecule is Nn1cnnc1SCC(=O)NCC12CC3CC(CC(C3)C1)C2. The molecule has 7 heteroatoms. The molecule has 0 saturated heterocycles. The fraction of sp³-hybridized carbons (Fsp3) is 0.800. The van der Waals surface area contributed by atoms with E-state index >= 15 is 0 Å². The Balaban J connectivity index is 1.29. The number of carbonyl (C=O) groups is 1. The van der Waals surface area contributed by atoms with Crippen LogP contribution in [0.3, 0.4) is 0 Å². The molecule has 4 fully saturated rings. The molecule has 4 bridgehead atoms. The summed E-state index contributed by atoms with van der Waals surface area (Å²) in [5, 5.41) is 11.3. The summed E-state index contributed by atoms with van der Waals surface area (Å²) in [6.45, 7) is 0.852. The van der Waals surface area contributed by atoms with E-state index in [2.05, 4.69) is 15.5 Å². The molecule has 6 nitrogen and oxygen atoms in total. The van der Waals surface area contributed by atoms with Gasteiger partial charge in [-0.1, -0.05) is 11.8 Å². The van der Waals surface area contributed by atoms with Gasteiger partial charge in [-0.25, -0.2) is 4.68 Å². The Morgan fingerprint density at radius 2 is 1.95 bits per heavy atom. The lowest BCUT2D eigenvalue weighted by molar-refractivity contribution is -0.120. The second-order valence-electron chi connectivity index (χ2n) is 7.50. The first-order valence-electron chi connectivity index (χ1n) is 8.16. The Bertz CT molecular complexity index is 537. The van der Waals surface area contributed by atoms with Gasteiger partial charge in [0.2, 0.25) is 11.1 Å². The van der Waals surface area contributed by atoms with Gasteiger partial charge in [-0.15, -0.1) is 10.2 Å². The highest BCUT2D eigenvalue weighted by Crippen LogP contribution is 2.59. The van der Waals surface area contributed by atoms with E-state index < -0.39 is 0 Å². The fourth-order valence-electron chi connectivity index (χ4n) is 5.31. The number of nitrogens with zero attached hydrogens (tertiary/aromatic N) is 3. The van der Waals surface area contributed by atoms with Gasteiger partial charge >= 0.3 is 0 Å². The lowest BCUT2D eigenvalue weighted by atomic mass is 9.49. The normalized spacial score (nSPS) is 35.7. The number of rotatable bonds is 5. The zero-order chi connectivity index (χ0) is 15.2. The summed E-state index contributed by atoms with van der Waals surface area (Å²) < 4.78 is 1.34. The molecule has 0 aromatic carbocycles. The van der Waals surface area contributed by atoms with Crippen molar-refractivity contribution >= 4 is 17.7 Å². The summed E-state index contributed by atoms with van der Waals surface area (Å²) in [5.74, 6) is 8.84. The summed E-state index contributed by atoms with van der Waals surface area (Å²) in [6, 6.07) is 0. The first-order chi connectivity index (χ1) is 10.6. The fourth-order valence-corrected chi connectivity index (χ4v) is 5.97. The molecule has 0 radical (unpaired) electrons. The zero-order valence-electron chi connectivity index (χ0n) is 12.7. The predicted octanol–water partition coefficient (Wildman–Crippen LogP) is 1.42. The van der Waals surface area contributed by atoms with E-state index in [1.165, 1.54) is 61.3 Å². The van der Waals surface area contributed by atoms with Crippen LogP contribution in [0.5, 0.6) is 0 Å². The number of amides is 1. The number of nitrogen functional groups attached to an aromatic ring is 1. The van der Waals surface area contributed by atoms with Crippen LogP contribution in [0.25, 0.3) is 0 Å². The van der Waals surface area contributed by atoms with E-state index in [1.54, 1.807) is 0 Å². The number of nitrogens with two attached hydrogens (primary N) is 1. The van der Waals surface area contributed by atoms with Gasteiger partial charge in [-0.05, 0) is 61.7 Å². The second kappa shape index (κ2) is 5.44. The number of carbonyl (C=O) groups excluding carboxylic acids is 1. The van der Waals surface area contributed by atoms with Crippen molar-refractivity contribution in [2.24, 2.45) is 23.2 Å². The quantitative estimate of drug-likeness (QED) is 0.633. The molecule has 5 rings (SSSR count). The summed E-state index contributed by atoms with van der Waals surface area (Å²) in [4.78, 5) is 12.1. The molecule has 1 aromatic heterocycles. The highest BCUT2D eigenvalue weighted by molar-refractivity contribution is 7.99. The number of hydrogen-bond acceptors (Lipinski definition) is 5. The van der Waals surface area contributed by atoms with Crippen LogP contribution >= 0.6 is 11.8 Å². The average Bonchev–Trinajstić information content (AvgIpc) is 2.87. The number of aromatic nitrogens is 3. The zero-order valence-corrected chi connectivity index (χ0v) is 13.5. The monoisotopic (exact) mass is 321 g/mol. The molecule has 4 aliphatic carbocycles. The van der Waals surface area contributed by atoms with Crippen molar-refractivity contribution in [2.45, 2.75) is 43.7 Å². The third-order valence-corrected chi connectivity index (χ3v) is 6.66. The average molecular weight is 321 g/mol. The van der Waals surface area contributed by atoms with E-state index in [1.807, 2.05) is 0 Å². The Hall–Kier alpha value is -1.24. The van der Waals surface area contributed by atoms with Crippen molar-refractivity contribution < 1.29 is 4.79 Å². The minimum absolute atomic E-state index is 0.0729. The molecular weight excluding hydrogens is 298 g/mol. The molecule has 1 heterocycles. The molecule has 0 unspecified atom stereocenters. The summed E-state index contributed by atoms with van der Waals surface area (Å²) in [6.07, 6.45) is 9.73. The number of hydrogen-bond donors (Lipinski definition) is 2. The van der Waals surface area contributed by atoms with E-state index in [9.17, 15) is 4.79 Å². The van der Waals surface area contributed by atoms with E-state index in [0.29, 0.717) is 16.3 Å². The van der Waals surface area contributed by atoms with Gasteiger partial charge in [0.05, 0.1) is 5.75 Å². The molecule has 0 aliphatic heterocycles. The topological polar surface area (TPSA) is 85.8 Å². The van der Waals surface area contributed by atoms with Gasteiger partial charge in [0.1, 0.15) is 6.33 Å². The summed E-state index contributed by atoms with van der Waals surface area (Å²) in [5.41, 5.74) is 0.392. The maximum atomic E-state index is 12.1. The van der Waals surface area contributed by atoms with E-state index in [4.69, 9.17) is 5.84 Å². The van der Waals surface area contributed by atoms with Crippen molar-refractivity contribution in [3.63, 3.8) is 0 Å². The van der Waals surface area contributed by atoms with Crippen molar-refractivity contribution in [1.29, 1.82) is 0 Å². The maximum absolute atomic E-state index is 12.1. The molecule has 0 spiro atoms. The van der Waals surface area contributed by atoms with Crippen LogP contribution in [0.15, 0.2) is 11.5 Å². The molecule has 3 N–H and O–H groups in total. The van der Waals surface area contributed by atoms with Crippen molar-refractivity contribution in [3.05, 3.63) is 6.33 Å². The van der Waals surface area contributed by atoms with E-state index in [0.717, 1.165) is 24.3 Å². The van der Waals surface area contributed by atoms with Crippen LogP contribution in [0, 0.1) is 23.2 Å². The molecule has 4 saturated carbocycles. The minimum atomic E-state index is 0.0729. The molecule has 1 aromatic rings. The molecule has 4 aliphatic rings. The third kappa shape index (κ3) is 2.71. The standard InChI is InChI=1S/C15H23N5OS/c16-20-9-18-19-14(20)22-7-13(21)17-8-15-4-10-1-11(5-15)3-12(2-10)6-15/h9-12H,1-8,16H2,(H,17,21). The number of thioether (sulfide) groups is 1. The smallest absolute Gasteiger partial charge is 0.230 e. The number of nitrogens with one attached hydrogen (secondary N) is 1. The minimum Gasteiger partial charge on any atom is -0.355 e. The predicted molar refractivity (Wildman–Crippen MR) is 84.5 cm³/mol. The van der Waals surface area contributed by atoms with Gasteiger partial charge < -0.3 is 11.2 Å². The Morgan fingerprint density at radius 3 is 2.50 bits per heavy atom. The van der Waals surface area contributed by atoms with Gasteiger partial charge in [0, 0.05) is 6.54 Å². The second-order valence-corrected chi connectivity index (χ2v) is 8.45. The van der Waals surface area contributed by atoms with Crippen LogP contribution < -0.4 is 11.2 Å². The van der Waals surface area contributed by atoms with Crippen molar-refractivity contribution in [3.8, 4) is 0 Å². The van der Waals surface area contributed by atoms with Crippen LogP contribution in [0.2, 0.25) is 0 Å². The van der Waals surface area contributed by atoms with Crippen LogP contribution in [0.4, 0.5) is 0 Å².